The Hall–Kier alpha value is -2.53. The molecule has 4 nitrogen and oxygen atoms in total. The minimum Gasteiger partial charge on any atom is -0.468 e. The van der Waals surface area contributed by atoms with Crippen molar-refractivity contribution in [3.63, 3.8) is 0 Å². The molecule has 5 heteroatoms. The first kappa shape index (κ1) is 13.5. The molecule has 0 spiro atoms. The number of hydrogen-bond donors (Lipinski definition) is 1. The van der Waals surface area contributed by atoms with Gasteiger partial charge in [0.2, 0.25) is 4.77 Å². The largest absolute Gasteiger partial charge is 0.468 e. The van der Waals surface area contributed by atoms with Crippen molar-refractivity contribution < 1.29 is 4.74 Å². The number of methoxy groups -OCH3 is 1. The lowest BCUT2D eigenvalue weighted by Crippen LogP contribution is -1.97. The fourth-order valence-electron chi connectivity index (χ4n) is 2.05. The van der Waals surface area contributed by atoms with Crippen molar-refractivity contribution in [2.75, 3.05) is 7.11 Å². The zero-order valence-electron chi connectivity index (χ0n) is 11.4. The Labute approximate surface area is 127 Å². The molecule has 2 aromatic carbocycles. The predicted molar refractivity (Wildman–Crippen MR) is 84.6 cm³/mol. The Morgan fingerprint density at radius 1 is 0.857 bits per heavy atom. The molecular weight excluding hydrogens is 282 g/mol. The van der Waals surface area contributed by atoms with E-state index in [4.69, 9.17) is 17.0 Å². The van der Waals surface area contributed by atoms with Gasteiger partial charge in [0.15, 0.2) is 0 Å². The molecule has 0 fully saturated rings. The number of aromatic amines is 1. The van der Waals surface area contributed by atoms with Gasteiger partial charge in [0.1, 0.15) is 5.82 Å². The second-order valence-electron chi connectivity index (χ2n) is 4.43. The standard InChI is InChI=1S/C16H13N3OS/c1-20-15-17-14(18-16(21)19-15)13-9-7-12(8-10-13)11-5-3-2-4-6-11/h2-10H,1H3,(H,17,18,19,21). The molecule has 0 atom stereocenters. The van der Waals surface area contributed by atoms with E-state index in [-0.39, 0.29) is 4.77 Å². The third-order valence-electron chi connectivity index (χ3n) is 3.09. The molecule has 1 aromatic heterocycles. The van der Waals surface area contributed by atoms with Gasteiger partial charge in [0, 0.05) is 5.56 Å². The van der Waals surface area contributed by atoms with Crippen molar-refractivity contribution in [2.45, 2.75) is 0 Å². The van der Waals surface area contributed by atoms with Crippen LogP contribution < -0.4 is 4.74 Å². The van der Waals surface area contributed by atoms with Crippen molar-refractivity contribution in [1.29, 1.82) is 0 Å². The van der Waals surface area contributed by atoms with Crippen LogP contribution in [0.2, 0.25) is 0 Å². The number of nitrogens with zero attached hydrogens (tertiary/aromatic N) is 2. The van der Waals surface area contributed by atoms with Crippen LogP contribution in [-0.4, -0.2) is 22.1 Å². The van der Waals surface area contributed by atoms with Gasteiger partial charge in [0.25, 0.3) is 6.01 Å². The summed E-state index contributed by atoms with van der Waals surface area (Å²) in [6.07, 6.45) is 0. The van der Waals surface area contributed by atoms with E-state index < -0.39 is 0 Å². The van der Waals surface area contributed by atoms with E-state index >= 15 is 0 Å². The Balaban J connectivity index is 1.98. The summed E-state index contributed by atoms with van der Waals surface area (Å²) >= 11 is 5.03. The van der Waals surface area contributed by atoms with Gasteiger partial charge < -0.3 is 4.74 Å². The van der Waals surface area contributed by atoms with E-state index in [2.05, 4.69) is 39.2 Å². The average Bonchev–Trinajstić information content (AvgIpc) is 2.55. The van der Waals surface area contributed by atoms with Crippen molar-refractivity contribution >= 4 is 12.2 Å². The van der Waals surface area contributed by atoms with Gasteiger partial charge in [0.05, 0.1) is 7.11 Å². The third kappa shape index (κ3) is 2.98. The lowest BCUT2D eigenvalue weighted by molar-refractivity contribution is 0.378. The molecule has 0 radical (unpaired) electrons. The van der Waals surface area contributed by atoms with E-state index in [1.54, 1.807) is 0 Å². The molecule has 0 aliphatic rings. The number of benzene rings is 2. The Bertz CT molecular complexity index is 798. The van der Waals surface area contributed by atoms with Crippen LogP contribution in [0.3, 0.4) is 0 Å². The topological polar surface area (TPSA) is 50.8 Å². The van der Waals surface area contributed by atoms with E-state index in [9.17, 15) is 0 Å². The molecule has 0 aliphatic heterocycles. The molecule has 0 bridgehead atoms. The monoisotopic (exact) mass is 295 g/mol. The fourth-order valence-corrected chi connectivity index (χ4v) is 2.22. The lowest BCUT2D eigenvalue weighted by atomic mass is 10.0. The molecule has 0 saturated heterocycles. The highest BCUT2D eigenvalue weighted by atomic mass is 32.1. The van der Waals surface area contributed by atoms with Gasteiger partial charge in [-0.3, -0.25) is 4.98 Å². The van der Waals surface area contributed by atoms with Gasteiger partial charge in [-0.15, -0.1) is 0 Å². The smallest absolute Gasteiger partial charge is 0.297 e. The first-order valence-corrected chi connectivity index (χ1v) is 6.85. The van der Waals surface area contributed by atoms with Crippen LogP contribution in [0, 0.1) is 4.77 Å². The molecular formula is C16H13N3OS. The Kier molecular flexibility index (Phi) is 3.75. The summed E-state index contributed by atoms with van der Waals surface area (Å²) in [6.45, 7) is 0. The molecule has 1 N–H and O–H groups in total. The van der Waals surface area contributed by atoms with Crippen LogP contribution >= 0.6 is 12.2 Å². The Morgan fingerprint density at radius 2 is 1.48 bits per heavy atom. The van der Waals surface area contributed by atoms with E-state index in [0.29, 0.717) is 11.8 Å². The van der Waals surface area contributed by atoms with Crippen LogP contribution in [0.4, 0.5) is 0 Å². The van der Waals surface area contributed by atoms with Crippen LogP contribution in [0.1, 0.15) is 0 Å². The first-order valence-electron chi connectivity index (χ1n) is 6.44. The molecule has 0 unspecified atom stereocenters. The maximum absolute atomic E-state index is 5.08. The predicted octanol–water partition coefficient (Wildman–Crippen LogP) is 3.88. The van der Waals surface area contributed by atoms with Crippen LogP contribution in [-0.2, 0) is 0 Å². The number of aromatic nitrogens is 3. The molecule has 3 rings (SSSR count). The molecule has 3 aromatic rings. The van der Waals surface area contributed by atoms with E-state index in [1.807, 2.05) is 30.3 Å². The van der Waals surface area contributed by atoms with Crippen molar-refractivity contribution in [2.24, 2.45) is 0 Å². The first-order chi connectivity index (χ1) is 10.3. The minimum atomic E-state index is 0.257. The number of nitrogens with one attached hydrogen (secondary N) is 1. The van der Waals surface area contributed by atoms with Gasteiger partial charge in [-0.1, -0.05) is 54.6 Å². The number of ether oxygens (including phenoxy) is 1. The maximum atomic E-state index is 5.08. The zero-order valence-corrected chi connectivity index (χ0v) is 12.2. The molecule has 0 aliphatic carbocycles. The Morgan fingerprint density at radius 3 is 2.14 bits per heavy atom. The van der Waals surface area contributed by atoms with Gasteiger partial charge >= 0.3 is 0 Å². The summed E-state index contributed by atoms with van der Waals surface area (Å²) in [6, 6.07) is 18.7. The normalized spacial score (nSPS) is 10.3. The summed E-state index contributed by atoms with van der Waals surface area (Å²) < 4.78 is 5.33. The third-order valence-corrected chi connectivity index (χ3v) is 3.27. The molecule has 21 heavy (non-hydrogen) atoms. The highest BCUT2D eigenvalue weighted by Crippen LogP contribution is 2.23. The highest BCUT2D eigenvalue weighted by molar-refractivity contribution is 7.71. The summed E-state index contributed by atoms with van der Waals surface area (Å²) in [4.78, 5) is 11.2. The summed E-state index contributed by atoms with van der Waals surface area (Å²) in [5, 5.41) is 0. The van der Waals surface area contributed by atoms with Crippen LogP contribution in [0.5, 0.6) is 6.01 Å². The zero-order chi connectivity index (χ0) is 14.7. The summed E-state index contributed by atoms with van der Waals surface area (Å²) in [7, 11) is 1.54. The minimum absolute atomic E-state index is 0.257. The summed E-state index contributed by atoms with van der Waals surface area (Å²) in [5.74, 6) is 0.645. The highest BCUT2D eigenvalue weighted by Gasteiger charge is 2.04. The van der Waals surface area contributed by atoms with Gasteiger partial charge in [-0.2, -0.15) is 4.98 Å². The fraction of sp³-hybridized carbons (Fsp3) is 0.0625. The second kappa shape index (κ2) is 5.85. The van der Waals surface area contributed by atoms with E-state index in [1.165, 1.54) is 12.7 Å². The average molecular weight is 295 g/mol. The lowest BCUT2D eigenvalue weighted by Gasteiger charge is -2.05. The molecule has 0 saturated carbocycles. The quantitative estimate of drug-likeness (QED) is 0.745. The second-order valence-corrected chi connectivity index (χ2v) is 4.80. The number of H-pyrrole nitrogens is 1. The number of hydrogen-bond acceptors (Lipinski definition) is 4. The molecule has 0 amide bonds. The molecule has 1 heterocycles. The SMILES string of the molecule is COc1nc(=S)nc(-c2ccc(-c3ccccc3)cc2)[nH]1. The van der Waals surface area contributed by atoms with Crippen LogP contribution in [0.15, 0.2) is 54.6 Å². The maximum Gasteiger partial charge on any atom is 0.297 e. The van der Waals surface area contributed by atoms with Gasteiger partial charge in [-0.25, -0.2) is 4.98 Å². The van der Waals surface area contributed by atoms with Gasteiger partial charge in [-0.05, 0) is 23.3 Å². The van der Waals surface area contributed by atoms with Crippen molar-refractivity contribution in [3.05, 3.63) is 59.4 Å². The summed E-state index contributed by atoms with van der Waals surface area (Å²) in [5.41, 5.74) is 3.26. The molecule has 104 valence electrons. The van der Waals surface area contributed by atoms with Crippen LogP contribution in [0.25, 0.3) is 22.5 Å². The number of rotatable bonds is 3. The van der Waals surface area contributed by atoms with E-state index in [0.717, 1.165) is 11.1 Å². The van der Waals surface area contributed by atoms with Crippen molar-refractivity contribution in [3.8, 4) is 28.5 Å². The van der Waals surface area contributed by atoms with Crippen molar-refractivity contribution in [1.82, 2.24) is 15.0 Å².